The van der Waals surface area contributed by atoms with Crippen LogP contribution in [-0.4, -0.2) is 27.4 Å². The number of ether oxygens (including phenoxy) is 1. The molecule has 9 nitrogen and oxygen atoms in total. The monoisotopic (exact) mass is 325 g/mol. The van der Waals surface area contributed by atoms with Crippen molar-refractivity contribution < 1.29 is 13.9 Å². The summed E-state index contributed by atoms with van der Waals surface area (Å²) in [6.07, 6.45) is 4.24. The molecule has 2 N–H and O–H groups in total. The fraction of sp³-hybridized carbons (Fsp3) is 0. The van der Waals surface area contributed by atoms with Crippen molar-refractivity contribution in [2.24, 2.45) is 5.10 Å². The van der Waals surface area contributed by atoms with Gasteiger partial charge in [-0.15, -0.1) is 0 Å². The Labute approximate surface area is 135 Å². The predicted molar refractivity (Wildman–Crippen MR) is 84.0 cm³/mol. The van der Waals surface area contributed by atoms with Crippen LogP contribution < -0.4 is 15.9 Å². The Morgan fingerprint density at radius 2 is 2.12 bits per heavy atom. The first-order valence-electron chi connectivity index (χ1n) is 6.77. The number of hydrogen-bond donors (Lipinski definition) is 2. The lowest BCUT2D eigenvalue weighted by molar-refractivity contribution is 0.0701. The molecule has 0 aliphatic carbocycles. The van der Waals surface area contributed by atoms with Crippen molar-refractivity contribution in [1.82, 2.24) is 15.2 Å². The standard InChI is InChI=1S/C15H11N5O4/c21-14(12-2-1-7-23-12)24-11-5-3-10(4-6-11)8-16-19-13-9-17-20-15(22)18-13/h1-9H,(H2,18,19,20,22)/b16-8+. The number of benzene rings is 1. The average Bonchev–Trinajstić information content (AvgIpc) is 3.11. The van der Waals surface area contributed by atoms with Crippen LogP contribution >= 0.6 is 0 Å². The maximum atomic E-state index is 11.7. The molecule has 3 aromatic rings. The zero-order valence-electron chi connectivity index (χ0n) is 12.2. The Kier molecular flexibility index (Phi) is 4.43. The molecule has 0 atom stereocenters. The van der Waals surface area contributed by atoms with E-state index in [0.29, 0.717) is 5.75 Å². The molecule has 0 saturated carbocycles. The van der Waals surface area contributed by atoms with Gasteiger partial charge in [0.2, 0.25) is 5.76 Å². The summed E-state index contributed by atoms with van der Waals surface area (Å²) in [5.74, 6) is 0.153. The summed E-state index contributed by atoms with van der Waals surface area (Å²) in [7, 11) is 0. The smallest absolute Gasteiger partial charge is 0.379 e. The molecule has 2 heterocycles. The molecule has 120 valence electrons. The molecule has 0 saturated heterocycles. The minimum Gasteiger partial charge on any atom is -0.457 e. The highest BCUT2D eigenvalue weighted by Gasteiger charge is 2.10. The Balaban J connectivity index is 1.59. The van der Waals surface area contributed by atoms with Gasteiger partial charge in [-0.25, -0.2) is 14.7 Å². The molecule has 1 aromatic carbocycles. The molecule has 0 aliphatic heterocycles. The van der Waals surface area contributed by atoms with Gasteiger partial charge in [0.1, 0.15) is 5.75 Å². The number of rotatable bonds is 5. The average molecular weight is 325 g/mol. The molecule has 0 amide bonds. The third-order valence-electron chi connectivity index (χ3n) is 2.77. The molecule has 0 aliphatic rings. The molecule has 0 unspecified atom stereocenters. The highest BCUT2D eigenvalue weighted by Crippen LogP contribution is 2.14. The Morgan fingerprint density at radius 3 is 2.83 bits per heavy atom. The second kappa shape index (κ2) is 7.01. The van der Waals surface area contributed by atoms with Gasteiger partial charge in [-0.05, 0) is 42.0 Å². The van der Waals surface area contributed by atoms with E-state index in [1.54, 1.807) is 30.3 Å². The molecule has 0 bridgehead atoms. The number of aromatic amines is 1. The number of H-pyrrole nitrogens is 1. The summed E-state index contributed by atoms with van der Waals surface area (Å²) in [5.41, 5.74) is 2.75. The van der Waals surface area contributed by atoms with Crippen LogP contribution in [0.3, 0.4) is 0 Å². The van der Waals surface area contributed by atoms with E-state index in [0.717, 1.165) is 5.56 Å². The molecule has 24 heavy (non-hydrogen) atoms. The van der Waals surface area contributed by atoms with Gasteiger partial charge < -0.3 is 9.15 Å². The molecule has 9 heteroatoms. The van der Waals surface area contributed by atoms with Crippen LogP contribution in [0.15, 0.2) is 63.2 Å². The maximum Gasteiger partial charge on any atom is 0.379 e. The zero-order chi connectivity index (χ0) is 16.8. The number of aromatic nitrogens is 3. The van der Waals surface area contributed by atoms with E-state index in [2.05, 4.69) is 25.7 Å². The Morgan fingerprint density at radius 1 is 1.29 bits per heavy atom. The van der Waals surface area contributed by atoms with Gasteiger partial charge in [0, 0.05) is 0 Å². The summed E-state index contributed by atoms with van der Waals surface area (Å²) >= 11 is 0. The number of hydrogen-bond acceptors (Lipinski definition) is 8. The topological polar surface area (TPSA) is 122 Å². The van der Waals surface area contributed by atoms with E-state index < -0.39 is 11.7 Å². The van der Waals surface area contributed by atoms with Crippen molar-refractivity contribution in [3.05, 3.63) is 70.7 Å². The molecule has 3 rings (SSSR count). The van der Waals surface area contributed by atoms with Gasteiger partial charge in [-0.3, -0.25) is 5.43 Å². The molecule has 2 aromatic heterocycles. The lowest BCUT2D eigenvalue weighted by Gasteiger charge is -2.02. The highest BCUT2D eigenvalue weighted by atomic mass is 16.5. The summed E-state index contributed by atoms with van der Waals surface area (Å²) in [4.78, 5) is 26.3. The fourth-order valence-corrected chi connectivity index (χ4v) is 1.71. The first kappa shape index (κ1) is 15.2. The van der Waals surface area contributed by atoms with Crippen molar-refractivity contribution in [1.29, 1.82) is 0 Å². The van der Waals surface area contributed by atoms with E-state index >= 15 is 0 Å². The minimum absolute atomic E-state index is 0.129. The number of hydrazone groups is 1. The van der Waals surface area contributed by atoms with E-state index in [4.69, 9.17) is 9.15 Å². The minimum atomic E-state index is -0.573. The zero-order valence-corrected chi connectivity index (χ0v) is 12.2. The summed E-state index contributed by atoms with van der Waals surface area (Å²) in [5, 5.41) is 9.66. The predicted octanol–water partition coefficient (Wildman–Crippen LogP) is 1.42. The van der Waals surface area contributed by atoms with Crippen molar-refractivity contribution in [2.75, 3.05) is 5.43 Å². The SMILES string of the molecule is O=C(Oc1ccc(/C=N/Nc2cn[nH]c(=O)n2)cc1)c1ccco1. The number of carbonyl (C=O) groups excluding carboxylic acids is 1. The van der Waals surface area contributed by atoms with Crippen LogP contribution in [0.25, 0.3) is 0 Å². The van der Waals surface area contributed by atoms with Crippen LogP contribution in [0.2, 0.25) is 0 Å². The van der Waals surface area contributed by atoms with Crippen molar-refractivity contribution in [3.8, 4) is 5.75 Å². The van der Waals surface area contributed by atoms with Crippen molar-refractivity contribution >= 4 is 18.0 Å². The van der Waals surface area contributed by atoms with Gasteiger partial charge in [0.05, 0.1) is 18.7 Å². The van der Waals surface area contributed by atoms with E-state index in [1.807, 2.05) is 0 Å². The quantitative estimate of drug-likeness (QED) is 0.315. The van der Waals surface area contributed by atoms with E-state index in [1.165, 1.54) is 24.7 Å². The first-order valence-corrected chi connectivity index (χ1v) is 6.77. The van der Waals surface area contributed by atoms with E-state index in [9.17, 15) is 9.59 Å². The normalized spacial score (nSPS) is 10.7. The second-order valence-electron chi connectivity index (χ2n) is 4.48. The summed E-state index contributed by atoms with van der Waals surface area (Å²) in [6, 6.07) is 9.78. The first-order chi connectivity index (χ1) is 11.7. The van der Waals surface area contributed by atoms with Gasteiger partial charge in [-0.2, -0.15) is 15.2 Å². The van der Waals surface area contributed by atoms with Crippen LogP contribution in [0.1, 0.15) is 16.1 Å². The molecular formula is C15H11N5O4. The third kappa shape index (κ3) is 3.91. The van der Waals surface area contributed by atoms with Crippen LogP contribution in [-0.2, 0) is 0 Å². The lowest BCUT2D eigenvalue weighted by Crippen LogP contribution is -2.13. The van der Waals surface area contributed by atoms with E-state index in [-0.39, 0.29) is 11.6 Å². The highest BCUT2D eigenvalue weighted by molar-refractivity contribution is 5.88. The summed E-state index contributed by atoms with van der Waals surface area (Å²) < 4.78 is 10.1. The van der Waals surface area contributed by atoms with Gasteiger partial charge >= 0.3 is 11.7 Å². The number of furan rings is 1. The lowest BCUT2D eigenvalue weighted by atomic mass is 10.2. The van der Waals surface area contributed by atoms with Gasteiger partial charge in [-0.1, -0.05) is 0 Å². The largest absolute Gasteiger partial charge is 0.457 e. The number of esters is 1. The van der Waals surface area contributed by atoms with Gasteiger partial charge in [0.15, 0.2) is 5.82 Å². The molecule has 0 spiro atoms. The molecular weight excluding hydrogens is 314 g/mol. The van der Waals surface area contributed by atoms with Crippen LogP contribution in [0.5, 0.6) is 5.75 Å². The number of nitrogens with zero attached hydrogens (tertiary/aromatic N) is 3. The Hall–Kier alpha value is -3.75. The van der Waals surface area contributed by atoms with Gasteiger partial charge in [0.25, 0.3) is 0 Å². The maximum absolute atomic E-state index is 11.7. The van der Waals surface area contributed by atoms with Crippen LogP contribution in [0.4, 0.5) is 5.82 Å². The fourth-order valence-electron chi connectivity index (χ4n) is 1.71. The summed E-state index contributed by atoms with van der Waals surface area (Å²) in [6.45, 7) is 0. The second-order valence-corrected chi connectivity index (χ2v) is 4.48. The molecule has 0 fully saturated rings. The Bertz CT molecular complexity index is 900. The number of carbonyl (C=O) groups is 1. The number of anilines is 1. The molecule has 0 radical (unpaired) electrons. The third-order valence-corrected chi connectivity index (χ3v) is 2.77. The van der Waals surface area contributed by atoms with Crippen LogP contribution in [0, 0.1) is 0 Å². The number of nitrogens with one attached hydrogen (secondary N) is 2. The van der Waals surface area contributed by atoms with Crippen molar-refractivity contribution in [2.45, 2.75) is 0 Å². The van der Waals surface area contributed by atoms with Crippen molar-refractivity contribution in [3.63, 3.8) is 0 Å².